The van der Waals surface area contributed by atoms with E-state index < -0.39 is 0 Å². The van der Waals surface area contributed by atoms with E-state index in [0.717, 1.165) is 22.7 Å². The van der Waals surface area contributed by atoms with Gasteiger partial charge in [-0.05, 0) is 31.0 Å². The number of unbranched alkanes of at least 4 members (excludes halogenated alkanes) is 4. The molecule has 0 fully saturated rings. The maximum atomic E-state index is 6.13. The van der Waals surface area contributed by atoms with Crippen molar-refractivity contribution < 1.29 is 0 Å². The molecule has 19 heavy (non-hydrogen) atoms. The molecule has 1 aromatic carbocycles. The minimum atomic E-state index is 0.348. The van der Waals surface area contributed by atoms with Crippen LogP contribution in [0.2, 0.25) is 5.02 Å². The van der Waals surface area contributed by atoms with Crippen LogP contribution in [0.25, 0.3) is 0 Å². The first-order valence-corrected chi connectivity index (χ1v) is 7.78. The zero-order chi connectivity index (χ0) is 14.1. The number of nitrogens with two attached hydrogens (primary N) is 1. The van der Waals surface area contributed by atoms with Crippen molar-refractivity contribution in [2.45, 2.75) is 58.4 Å². The Labute approximate surface area is 122 Å². The van der Waals surface area contributed by atoms with Crippen molar-refractivity contribution in [3.05, 3.63) is 28.8 Å². The molecular weight excluding hydrogens is 256 g/mol. The van der Waals surface area contributed by atoms with Crippen molar-refractivity contribution in [2.24, 2.45) is 5.73 Å². The Hall–Kier alpha value is -0.730. The fourth-order valence-electron chi connectivity index (χ4n) is 2.16. The number of anilines is 1. The molecule has 3 heteroatoms. The maximum Gasteiger partial charge on any atom is 0.0455 e. The second-order valence-electron chi connectivity index (χ2n) is 5.24. The average Bonchev–Trinajstić information content (AvgIpc) is 2.41. The maximum absolute atomic E-state index is 6.13. The summed E-state index contributed by atoms with van der Waals surface area (Å²) in [5.41, 5.74) is 8.01. The Morgan fingerprint density at radius 2 is 1.95 bits per heavy atom. The smallest absolute Gasteiger partial charge is 0.0455 e. The predicted molar refractivity (Wildman–Crippen MR) is 86.0 cm³/mol. The molecule has 0 aliphatic carbocycles. The summed E-state index contributed by atoms with van der Waals surface area (Å²) in [7, 11) is 0. The minimum Gasteiger partial charge on any atom is -0.381 e. The van der Waals surface area contributed by atoms with Gasteiger partial charge in [0.25, 0.3) is 0 Å². The van der Waals surface area contributed by atoms with E-state index in [0.29, 0.717) is 12.6 Å². The average molecular weight is 283 g/mol. The van der Waals surface area contributed by atoms with Crippen molar-refractivity contribution >= 4 is 17.3 Å². The van der Waals surface area contributed by atoms with E-state index in [-0.39, 0.29) is 0 Å². The molecule has 0 bridgehead atoms. The monoisotopic (exact) mass is 282 g/mol. The van der Waals surface area contributed by atoms with Crippen LogP contribution < -0.4 is 11.1 Å². The van der Waals surface area contributed by atoms with Gasteiger partial charge in [0, 0.05) is 23.3 Å². The molecule has 2 nitrogen and oxygen atoms in total. The van der Waals surface area contributed by atoms with Crippen molar-refractivity contribution in [1.82, 2.24) is 0 Å². The number of nitrogens with one attached hydrogen (secondary N) is 1. The van der Waals surface area contributed by atoms with Crippen LogP contribution >= 0.6 is 11.6 Å². The van der Waals surface area contributed by atoms with Crippen LogP contribution in [0.1, 0.15) is 51.0 Å². The second kappa shape index (κ2) is 9.22. The lowest BCUT2D eigenvalue weighted by Gasteiger charge is -2.18. The molecular formula is C16H27ClN2. The summed E-state index contributed by atoms with van der Waals surface area (Å²) < 4.78 is 0. The first-order valence-electron chi connectivity index (χ1n) is 7.40. The molecule has 0 saturated heterocycles. The number of hydrogen-bond acceptors (Lipinski definition) is 2. The fourth-order valence-corrected chi connectivity index (χ4v) is 2.34. The quantitative estimate of drug-likeness (QED) is 0.642. The standard InChI is InChI=1S/C16H27ClN2/c1-3-4-5-6-7-8-15(12-18)19-14-10-9-13(2)16(17)11-14/h9-11,15,19H,3-8,12,18H2,1-2H3. The van der Waals surface area contributed by atoms with Crippen molar-refractivity contribution in [3.8, 4) is 0 Å². The Kier molecular flexibility index (Phi) is 7.92. The van der Waals surface area contributed by atoms with E-state index >= 15 is 0 Å². The van der Waals surface area contributed by atoms with Gasteiger partial charge in [0.1, 0.15) is 0 Å². The summed E-state index contributed by atoms with van der Waals surface area (Å²) in [6.45, 7) is 4.92. The van der Waals surface area contributed by atoms with Crippen molar-refractivity contribution in [2.75, 3.05) is 11.9 Å². The molecule has 108 valence electrons. The van der Waals surface area contributed by atoms with Crippen LogP contribution in [0.5, 0.6) is 0 Å². The normalized spacial score (nSPS) is 12.4. The highest BCUT2D eigenvalue weighted by atomic mass is 35.5. The minimum absolute atomic E-state index is 0.348. The van der Waals surface area contributed by atoms with Crippen LogP contribution in [-0.2, 0) is 0 Å². The molecule has 0 aliphatic rings. The highest BCUT2D eigenvalue weighted by molar-refractivity contribution is 6.31. The van der Waals surface area contributed by atoms with Gasteiger partial charge in [-0.3, -0.25) is 0 Å². The highest BCUT2D eigenvalue weighted by Crippen LogP contribution is 2.21. The van der Waals surface area contributed by atoms with Gasteiger partial charge in [-0.25, -0.2) is 0 Å². The molecule has 0 radical (unpaired) electrons. The molecule has 0 amide bonds. The van der Waals surface area contributed by atoms with Gasteiger partial charge in [0.05, 0.1) is 0 Å². The molecule has 1 rings (SSSR count). The largest absolute Gasteiger partial charge is 0.381 e. The zero-order valence-electron chi connectivity index (χ0n) is 12.2. The van der Waals surface area contributed by atoms with Gasteiger partial charge in [0.2, 0.25) is 0 Å². The molecule has 0 aliphatic heterocycles. The molecule has 1 unspecified atom stereocenters. The SMILES string of the molecule is CCCCCCCC(CN)Nc1ccc(C)c(Cl)c1. The van der Waals surface area contributed by atoms with Crippen LogP contribution in [-0.4, -0.2) is 12.6 Å². The summed E-state index contributed by atoms with van der Waals surface area (Å²) in [5.74, 6) is 0. The van der Waals surface area contributed by atoms with Crippen LogP contribution in [0, 0.1) is 6.92 Å². The lowest BCUT2D eigenvalue weighted by Crippen LogP contribution is -2.28. The summed E-state index contributed by atoms with van der Waals surface area (Å²) in [6.07, 6.45) is 7.65. The Morgan fingerprint density at radius 3 is 2.58 bits per heavy atom. The lowest BCUT2D eigenvalue weighted by molar-refractivity contribution is 0.563. The zero-order valence-corrected chi connectivity index (χ0v) is 13.0. The summed E-state index contributed by atoms with van der Waals surface area (Å²) >= 11 is 6.13. The molecule has 1 atom stereocenters. The van der Waals surface area contributed by atoms with E-state index in [2.05, 4.69) is 18.3 Å². The van der Waals surface area contributed by atoms with E-state index in [9.17, 15) is 0 Å². The number of hydrogen-bond donors (Lipinski definition) is 2. The first kappa shape index (κ1) is 16.3. The van der Waals surface area contributed by atoms with Gasteiger partial charge in [0.15, 0.2) is 0 Å². The summed E-state index contributed by atoms with van der Waals surface area (Å²) in [5, 5.41) is 4.29. The number of benzene rings is 1. The molecule has 1 aromatic rings. The van der Waals surface area contributed by atoms with Crippen LogP contribution in [0.3, 0.4) is 0 Å². The topological polar surface area (TPSA) is 38.0 Å². The van der Waals surface area contributed by atoms with Gasteiger partial charge in [-0.2, -0.15) is 0 Å². The number of aryl methyl sites for hydroxylation is 1. The Morgan fingerprint density at radius 1 is 1.21 bits per heavy atom. The summed E-state index contributed by atoms with van der Waals surface area (Å²) in [4.78, 5) is 0. The van der Waals surface area contributed by atoms with Crippen LogP contribution in [0.4, 0.5) is 5.69 Å². The molecule has 0 aromatic heterocycles. The van der Waals surface area contributed by atoms with Gasteiger partial charge in [-0.1, -0.05) is 56.7 Å². The second-order valence-corrected chi connectivity index (χ2v) is 5.65. The molecule has 0 saturated carbocycles. The fraction of sp³-hybridized carbons (Fsp3) is 0.625. The molecule has 0 spiro atoms. The first-order chi connectivity index (χ1) is 9.17. The van der Waals surface area contributed by atoms with Crippen LogP contribution in [0.15, 0.2) is 18.2 Å². The third-order valence-electron chi connectivity index (χ3n) is 3.48. The highest BCUT2D eigenvalue weighted by Gasteiger charge is 2.07. The summed E-state index contributed by atoms with van der Waals surface area (Å²) in [6, 6.07) is 6.44. The van der Waals surface area contributed by atoms with E-state index in [1.165, 1.54) is 32.1 Å². The Balaban J connectivity index is 2.36. The van der Waals surface area contributed by atoms with E-state index in [1.807, 2.05) is 19.1 Å². The third kappa shape index (κ3) is 6.31. The van der Waals surface area contributed by atoms with E-state index in [4.69, 9.17) is 17.3 Å². The predicted octanol–water partition coefficient (Wildman–Crippen LogP) is 4.75. The lowest BCUT2D eigenvalue weighted by atomic mass is 10.1. The van der Waals surface area contributed by atoms with Crippen molar-refractivity contribution in [3.63, 3.8) is 0 Å². The third-order valence-corrected chi connectivity index (χ3v) is 3.89. The van der Waals surface area contributed by atoms with Gasteiger partial charge < -0.3 is 11.1 Å². The van der Waals surface area contributed by atoms with E-state index in [1.54, 1.807) is 0 Å². The molecule has 3 N–H and O–H groups in total. The van der Waals surface area contributed by atoms with Gasteiger partial charge in [-0.15, -0.1) is 0 Å². The van der Waals surface area contributed by atoms with Gasteiger partial charge >= 0.3 is 0 Å². The molecule has 0 heterocycles. The van der Waals surface area contributed by atoms with Crippen molar-refractivity contribution in [1.29, 1.82) is 0 Å². The number of rotatable bonds is 9. The Bertz CT molecular complexity index is 366. The number of halogens is 1.